The van der Waals surface area contributed by atoms with Crippen LogP contribution in [0.25, 0.3) is 0 Å². The zero-order valence-corrected chi connectivity index (χ0v) is 19.5. The van der Waals surface area contributed by atoms with Crippen LogP contribution in [-0.4, -0.2) is 43.1 Å². The Morgan fingerprint density at radius 2 is 1.80 bits per heavy atom. The largest absolute Gasteiger partial charge is 0.476 e. The van der Waals surface area contributed by atoms with E-state index in [1.807, 2.05) is 6.07 Å². The molecule has 2 aromatic carbocycles. The van der Waals surface area contributed by atoms with Crippen LogP contribution in [0.4, 0.5) is 23.7 Å². The molecule has 8 nitrogen and oxygen atoms in total. The molecular weight excluding hydrogens is 467 g/mol. The van der Waals surface area contributed by atoms with Crippen molar-refractivity contribution in [3.8, 4) is 5.75 Å². The molecule has 1 heterocycles. The van der Waals surface area contributed by atoms with E-state index >= 15 is 0 Å². The summed E-state index contributed by atoms with van der Waals surface area (Å²) < 4.78 is 51.8. The molecule has 0 atom stereocenters. The Balaban J connectivity index is 1.81. The number of carbonyl (C=O) groups is 3. The Kier molecular flexibility index (Phi) is 7.57. The Morgan fingerprint density at radius 3 is 2.43 bits per heavy atom. The summed E-state index contributed by atoms with van der Waals surface area (Å²) in [5.41, 5.74) is -2.47. The molecule has 3 amide bonds. The standard InChI is InChI=1S/C24H26F3N3O5/c1-4-28-20(31)16-12-18-19(13-17(16)24(25,26)27)35-23(2,3)21(32)30(18)11-10-29-22(33)34-14-15-8-6-5-7-9-15/h5-9,12-13H,4,10-11,14H2,1-3H3,(H,28,31)(H,29,33). The number of hydrogen-bond acceptors (Lipinski definition) is 5. The molecular formula is C24H26F3N3O5. The minimum Gasteiger partial charge on any atom is -0.476 e. The van der Waals surface area contributed by atoms with E-state index in [1.165, 1.54) is 18.7 Å². The number of alkyl carbamates (subject to hydrolysis) is 1. The third-order valence-electron chi connectivity index (χ3n) is 5.22. The Labute approximate surface area is 200 Å². The molecule has 1 aliphatic rings. The maximum Gasteiger partial charge on any atom is 0.417 e. The zero-order chi connectivity index (χ0) is 25.8. The number of fused-ring (bicyclic) bond motifs is 1. The minimum atomic E-state index is -4.82. The third kappa shape index (κ3) is 6.03. The number of nitrogens with zero attached hydrogens (tertiary/aromatic N) is 1. The fourth-order valence-electron chi connectivity index (χ4n) is 3.56. The molecule has 2 aromatic rings. The maximum absolute atomic E-state index is 13.7. The minimum absolute atomic E-state index is 0.00281. The molecule has 0 aromatic heterocycles. The summed E-state index contributed by atoms with van der Waals surface area (Å²) in [4.78, 5) is 38.6. The second-order valence-corrected chi connectivity index (χ2v) is 8.28. The number of rotatable bonds is 7. The first-order valence-electron chi connectivity index (χ1n) is 10.9. The fraction of sp³-hybridized carbons (Fsp3) is 0.375. The summed E-state index contributed by atoms with van der Waals surface area (Å²) in [5, 5.41) is 4.87. The summed E-state index contributed by atoms with van der Waals surface area (Å²) in [7, 11) is 0. The van der Waals surface area contributed by atoms with Crippen molar-refractivity contribution >= 4 is 23.6 Å². The van der Waals surface area contributed by atoms with E-state index in [0.29, 0.717) is 0 Å². The number of ether oxygens (including phenoxy) is 2. The number of halogens is 3. The molecule has 0 radical (unpaired) electrons. The van der Waals surface area contributed by atoms with E-state index in [-0.39, 0.29) is 37.7 Å². The van der Waals surface area contributed by atoms with Crippen molar-refractivity contribution in [2.24, 2.45) is 0 Å². The molecule has 0 saturated carbocycles. The predicted molar refractivity (Wildman–Crippen MR) is 121 cm³/mol. The van der Waals surface area contributed by atoms with Gasteiger partial charge in [0.15, 0.2) is 5.60 Å². The Hall–Kier alpha value is -3.76. The lowest BCUT2D eigenvalue weighted by atomic mass is 9.99. The highest BCUT2D eigenvalue weighted by atomic mass is 19.4. The highest BCUT2D eigenvalue weighted by molar-refractivity contribution is 6.05. The van der Waals surface area contributed by atoms with Crippen molar-refractivity contribution in [3.05, 3.63) is 59.2 Å². The first-order chi connectivity index (χ1) is 16.4. The van der Waals surface area contributed by atoms with Crippen molar-refractivity contribution in [1.82, 2.24) is 10.6 Å². The Bertz CT molecular complexity index is 1100. The van der Waals surface area contributed by atoms with Gasteiger partial charge in [-0.05, 0) is 38.5 Å². The van der Waals surface area contributed by atoms with Crippen LogP contribution < -0.4 is 20.3 Å². The quantitative estimate of drug-likeness (QED) is 0.610. The van der Waals surface area contributed by atoms with Gasteiger partial charge in [0.25, 0.3) is 11.8 Å². The van der Waals surface area contributed by atoms with Gasteiger partial charge in [-0.1, -0.05) is 30.3 Å². The average molecular weight is 493 g/mol. The van der Waals surface area contributed by atoms with Gasteiger partial charge in [-0.2, -0.15) is 13.2 Å². The van der Waals surface area contributed by atoms with E-state index in [4.69, 9.17) is 9.47 Å². The molecule has 0 saturated heterocycles. The monoisotopic (exact) mass is 493 g/mol. The highest BCUT2D eigenvalue weighted by Gasteiger charge is 2.44. The van der Waals surface area contributed by atoms with Gasteiger partial charge in [0.2, 0.25) is 0 Å². The van der Waals surface area contributed by atoms with Crippen molar-refractivity contribution in [2.45, 2.75) is 39.2 Å². The topological polar surface area (TPSA) is 97.0 Å². The van der Waals surface area contributed by atoms with Gasteiger partial charge in [0.1, 0.15) is 12.4 Å². The van der Waals surface area contributed by atoms with E-state index in [2.05, 4.69) is 10.6 Å². The molecule has 11 heteroatoms. The average Bonchev–Trinajstić information content (AvgIpc) is 2.79. The number of alkyl halides is 3. The van der Waals surface area contributed by atoms with Gasteiger partial charge in [0, 0.05) is 19.6 Å². The molecule has 188 valence electrons. The number of anilines is 1. The van der Waals surface area contributed by atoms with Crippen LogP contribution in [0.2, 0.25) is 0 Å². The Morgan fingerprint density at radius 1 is 1.11 bits per heavy atom. The number of carbonyl (C=O) groups excluding carboxylic acids is 3. The summed E-state index contributed by atoms with van der Waals surface area (Å²) in [6, 6.07) is 10.7. The van der Waals surface area contributed by atoms with Crippen molar-refractivity contribution in [1.29, 1.82) is 0 Å². The van der Waals surface area contributed by atoms with Crippen LogP contribution in [0.1, 0.15) is 42.3 Å². The van der Waals surface area contributed by atoms with Gasteiger partial charge >= 0.3 is 12.3 Å². The van der Waals surface area contributed by atoms with Gasteiger partial charge in [0.05, 0.1) is 16.8 Å². The lowest BCUT2D eigenvalue weighted by molar-refractivity contribution is -0.138. The van der Waals surface area contributed by atoms with Gasteiger partial charge in [-0.25, -0.2) is 4.79 Å². The molecule has 3 rings (SSSR count). The summed E-state index contributed by atoms with van der Waals surface area (Å²) in [6.45, 7) is 4.47. The highest BCUT2D eigenvalue weighted by Crippen LogP contribution is 2.43. The number of nitrogens with one attached hydrogen (secondary N) is 2. The molecule has 2 N–H and O–H groups in total. The summed E-state index contributed by atoms with van der Waals surface area (Å²) >= 11 is 0. The second-order valence-electron chi connectivity index (χ2n) is 8.28. The third-order valence-corrected chi connectivity index (χ3v) is 5.22. The molecule has 0 fully saturated rings. The van der Waals surface area contributed by atoms with Crippen LogP contribution >= 0.6 is 0 Å². The van der Waals surface area contributed by atoms with Crippen LogP contribution in [0.3, 0.4) is 0 Å². The zero-order valence-electron chi connectivity index (χ0n) is 19.5. The number of amides is 3. The van der Waals surface area contributed by atoms with Gasteiger partial charge in [-0.15, -0.1) is 0 Å². The number of benzene rings is 2. The lowest BCUT2D eigenvalue weighted by Gasteiger charge is -2.39. The van der Waals surface area contributed by atoms with Crippen LogP contribution in [-0.2, 0) is 22.3 Å². The van der Waals surface area contributed by atoms with Crippen LogP contribution in [0.5, 0.6) is 5.75 Å². The molecule has 0 spiro atoms. The van der Waals surface area contributed by atoms with Crippen molar-refractivity contribution < 1.29 is 37.0 Å². The molecule has 0 bridgehead atoms. The van der Waals surface area contributed by atoms with E-state index < -0.39 is 40.8 Å². The number of hydrogen-bond donors (Lipinski definition) is 2. The second kappa shape index (κ2) is 10.2. The first kappa shape index (κ1) is 25.9. The van der Waals surface area contributed by atoms with Crippen molar-refractivity contribution in [2.75, 3.05) is 24.5 Å². The van der Waals surface area contributed by atoms with Gasteiger partial charge in [-0.3, -0.25) is 9.59 Å². The van der Waals surface area contributed by atoms with Gasteiger partial charge < -0.3 is 25.0 Å². The summed E-state index contributed by atoms with van der Waals surface area (Å²) in [5.74, 6) is -1.66. The van der Waals surface area contributed by atoms with E-state index in [9.17, 15) is 27.6 Å². The van der Waals surface area contributed by atoms with E-state index in [1.54, 1.807) is 31.2 Å². The van der Waals surface area contributed by atoms with Crippen molar-refractivity contribution in [3.63, 3.8) is 0 Å². The SMILES string of the molecule is CCNC(=O)c1cc2c(cc1C(F)(F)F)OC(C)(C)C(=O)N2CCNC(=O)OCc1ccccc1. The molecule has 0 unspecified atom stereocenters. The van der Waals surface area contributed by atoms with Crippen LogP contribution in [0, 0.1) is 0 Å². The van der Waals surface area contributed by atoms with Crippen LogP contribution in [0.15, 0.2) is 42.5 Å². The predicted octanol–water partition coefficient (Wildman–Crippen LogP) is 3.89. The summed E-state index contributed by atoms with van der Waals surface area (Å²) in [6.07, 6.45) is -5.54. The maximum atomic E-state index is 13.7. The molecule has 1 aliphatic heterocycles. The molecule has 0 aliphatic carbocycles. The first-order valence-corrected chi connectivity index (χ1v) is 10.9. The normalized spacial score (nSPS) is 14.6. The smallest absolute Gasteiger partial charge is 0.417 e. The van der Waals surface area contributed by atoms with E-state index in [0.717, 1.165) is 17.7 Å². The lowest BCUT2D eigenvalue weighted by Crippen LogP contribution is -2.54. The molecule has 35 heavy (non-hydrogen) atoms. The fourth-order valence-corrected chi connectivity index (χ4v) is 3.56.